The molecular formula is C21H16N2O4S. The standard InChI is InChI=1S/C21H16N2O4S/c1-3-11-27-16-10-9-14(12-17(16)26-2)13-18-20(25)23-21(28-18)22-19(24)15-7-5-4-6-8-15/h1,4-10,12-13H,11H2,2H3,(H,22,23,24,25)/b18-13-. The second-order valence-electron chi connectivity index (χ2n) is 5.56. The number of carbonyl (C=O) groups is 2. The summed E-state index contributed by atoms with van der Waals surface area (Å²) in [6.07, 6.45) is 6.88. The van der Waals surface area contributed by atoms with Gasteiger partial charge in [0.25, 0.3) is 11.8 Å². The number of aliphatic imine (C=N–C) groups is 1. The summed E-state index contributed by atoms with van der Waals surface area (Å²) >= 11 is 1.10. The minimum atomic E-state index is -0.415. The molecule has 0 atom stereocenters. The lowest BCUT2D eigenvalue weighted by atomic mass is 10.2. The molecule has 1 N–H and O–H groups in total. The third kappa shape index (κ3) is 4.61. The molecular weight excluding hydrogens is 376 g/mol. The molecule has 7 heteroatoms. The smallest absolute Gasteiger partial charge is 0.279 e. The number of amides is 2. The largest absolute Gasteiger partial charge is 0.493 e. The van der Waals surface area contributed by atoms with Crippen LogP contribution in [0.3, 0.4) is 0 Å². The average molecular weight is 392 g/mol. The summed E-state index contributed by atoms with van der Waals surface area (Å²) in [4.78, 5) is 28.8. The van der Waals surface area contributed by atoms with Gasteiger partial charge >= 0.3 is 0 Å². The Morgan fingerprint density at radius 2 is 2.04 bits per heavy atom. The number of benzene rings is 2. The Morgan fingerprint density at radius 1 is 1.25 bits per heavy atom. The SMILES string of the molecule is C#CCOc1ccc(/C=C2\SC(=NC(=O)c3ccccc3)NC2=O)cc1OC. The first-order valence-corrected chi connectivity index (χ1v) is 9.05. The van der Waals surface area contributed by atoms with E-state index in [-0.39, 0.29) is 17.7 Å². The van der Waals surface area contributed by atoms with Crippen molar-refractivity contribution in [3.05, 3.63) is 64.6 Å². The fourth-order valence-corrected chi connectivity index (χ4v) is 3.20. The van der Waals surface area contributed by atoms with E-state index >= 15 is 0 Å². The molecule has 0 aromatic heterocycles. The Labute approximate surface area is 166 Å². The van der Waals surface area contributed by atoms with Gasteiger partial charge in [0, 0.05) is 5.56 Å². The molecule has 0 spiro atoms. The van der Waals surface area contributed by atoms with E-state index in [4.69, 9.17) is 15.9 Å². The topological polar surface area (TPSA) is 77.0 Å². The van der Waals surface area contributed by atoms with Gasteiger partial charge in [-0.25, -0.2) is 0 Å². The number of hydrogen-bond donors (Lipinski definition) is 1. The van der Waals surface area contributed by atoms with Crippen LogP contribution >= 0.6 is 11.8 Å². The molecule has 1 saturated heterocycles. The molecule has 0 unspecified atom stereocenters. The molecule has 0 aliphatic carbocycles. The lowest BCUT2D eigenvalue weighted by molar-refractivity contribution is -0.115. The third-order valence-electron chi connectivity index (χ3n) is 3.67. The van der Waals surface area contributed by atoms with Crippen molar-refractivity contribution in [1.82, 2.24) is 5.32 Å². The molecule has 2 aromatic carbocycles. The molecule has 2 aromatic rings. The summed E-state index contributed by atoms with van der Waals surface area (Å²) in [5.41, 5.74) is 1.19. The van der Waals surface area contributed by atoms with Crippen LogP contribution in [-0.2, 0) is 4.79 Å². The van der Waals surface area contributed by atoms with Gasteiger partial charge in [0.05, 0.1) is 12.0 Å². The highest BCUT2D eigenvalue weighted by atomic mass is 32.2. The summed E-state index contributed by atoms with van der Waals surface area (Å²) in [7, 11) is 1.52. The van der Waals surface area contributed by atoms with Crippen LogP contribution in [0.4, 0.5) is 0 Å². The fraction of sp³-hybridized carbons (Fsp3) is 0.0952. The first-order chi connectivity index (χ1) is 13.6. The predicted octanol–water partition coefficient (Wildman–Crippen LogP) is 3.11. The Balaban J connectivity index is 1.78. The van der Waals surface area contributed by atoms with Crippen molar-refractivity contribution in [2.24, 2.45) is 4.99 Å². The molecule has 1 aliphatic rings. The van der Waals surface area contributed by atoms with E-state index in [0.717, 1.165) is 17.3 Å². The highest BCUT2D eigenvalue weighted by Crippen LogP contribution is 2.31. The van der Waals surface area contributed by atoms with E-state index in [0.29, 0.717) is 22.0 Å². The van der Waals surface area contributed by atoms with Crippen molar-refractivity contribution < 1.29 is 19.1 Å². The molecule has 6 nitrogen and oxygen atoms in total. The minimum absolute atomic E-state index is 0.129. The van der Waals surface area contributed by atoms with Crippen molar-refractivity contribution in [3.8, 4) is 23.8 Å². The Bertz CT molecular complexity index is 1010. The molecule has 1 heterocycles. The first kappa shape index (κ1) is 19.3. The van der Waals surface area contributed by atoms with Crippen molar-refractivity contribution in [2.45, 2.75) is 0 Å². The van der Waals surface area contributed by atoms with Gasteiger partial charge in [0.15, 0.2) is 16.7 Å². The van der Waals surface area contributed by atoms with E-state index in [1.807, 2.05) is 6.07 Å². The van der Waals surface area contributed by atoms with Crippen LogP contribution in [0.5, 0.6) is 11.5 Å². The van der Waals surface area contributed by atoms with Crippen LogP contribution < -0.4 is 14.8 Å². The maximum Gasteiger partial charge on any atom is 0.279 e. The molecule has 0 saturated carbocycles. The number of rotatable bonds is 5. The molecule has 0 bridgehead atoms. The van der Waals surface area contributed by atoms with Crippen molar-refractivity contribution in [2.75, 3.05) is 13.7 Å². The number of hydrogen-bond acceptors (Lipinski definition) is 5. The van der Waals surface area contributed by atoms with E-state index in [2.05, 4.69) is 16.2 Å². The molecule has 0 radical (unpaired) electrons. The van der Waals surface area contributed by atoms with Gasteiger partial charge in [-0.3, -0.25) is 9.59 Å². The van der Waals surface area contributed by atoms with Crippen LogP contribution in [-0.4, -0.2) is 30.7 Å². The quantitative estimate of drug-likeness (QED) is 0.625. The number of methoxy groups -OCH3 is 1. The van der Waals surface area contributed by atoms with Crippen molar-refractivity contribution in [1.29, 1.82) is 0 Å². The monoisotopic (exact) mass is 392 g/mol. The van der Waals surface area contributed by atoms with Crippen LogP contribution in [0.25, 0.3) is 6.08 Å². The van der Waals surface area contributed by atoms with Crippen LogP contribution in [0, 0.1) is 12.3 Å². The first-order valence-electron chi connectivity index (χ1n) is 8.24. The number of nitrogens with one attached hydrogen (secondary N) is 1. The summed E-state index contributed by atoms with van der Waals surface area (Å²) in [5.74, 6) is 2.67. The summed E-state index contributed by atoms with van der Waals surface area (Å²) in [6, 6.07) is 13.9. The third-order valence-corrected chi connectivity index (χ3v) is 4.58. The van der Waals surface area contributed by atoms with Crippen molar-refractivity contribution >= 4 is 34.8 Å². The molecule has 28 heavy (non-hydrogen) atoms. The highest BCUT2D eigenvalue weighted by molar-refractivity contribution is 8.18. The van der Waals surface area contributed by atoms with Gasteiger partial charge in [-0.1, -0.05) is 30.2 Å². The minimum Gasteiger partial charge on any atom is -0.493 e. The molecule has 1 aliphatic heterocycles. The lowest BCUT2D eigenvalue weighted by Gasteiger charge is -2.09. The van der Waals surface area contributed by atoms with E-state index < -0.39 is 5.91 Å². The van der Waals surface area contributed by atoms with E-state index in [9.17, 15) is 9.59 Å². The number of carbonyl (C=O) groups excluding carboxylic acids is 2. The zero-order chi connectivity index (χ0) is 19.9. The Morgan fingerprint density at radius 3 is 2.75 bits per heavy atom. The van der Waals surface area contributed by atoms with E-state index in [1.54, 1.807) is 48.5 Å². The van der Waals surface area contributed by atoms with Crippen LogP contribution in [0.2, 0.25) is 0 Å². The van der Waals surface area contributed by atoms with Crippen LogP contribution in [0.15, 0.2) is 58.4 Å². The zero-order valence-electron chi connectivity index (χ0n) is 15.0. The van der Waals surface area contributed by atoms with Gasteiger partial charge in [-0.2, -0.15) is 4.99 Å². The van der Waals surface area contributed by atoms with Gasteiger partial charge in [-0.15, -0.1) is 6.42 Å². The normalized spacial score (nSPS) is 15.9. The number of amidine groups is 1. The number of terminal acetylenes is 1. The highest BCUT2D eigenvalue weighted by Gasteiger charge is 2.25. The second-order valence-corrected chi connectivity index (χ2v) is 6.59. The van der Waals surface area contributed by atoms with Gasteiger partial charge < -0.3 is 14.8 Å². The van der Waals surface area contributed by atoms with Crippen LogP contribution in [0.1, 0.15) is 15.9 Å². The van der Waals surface area contributed by atoms with E-state index in [1.165, 1.54) is 7.11 Å². The summed E-state index contributed by atoms with van der Waals surface area (Å²) in [5, 5.41) is 2.84. The number of nitrogens with zero attached hydrogens (tertiary/aromatic N) is 1. The number of thioether (sulfide) groups is 1. The molecule has 2 amide bonds. The molecule has 140 valence electrons. The summed E-state index contributed by atoms with van der Waals surface area (Å²) in [6.45, 7) is 0.129. The summed E-state index contributed by atoms with van der Waals surface area (Å²) < 4.78 is 10.7. The molecule has 3 rings (SSSR count). The zero-order valence-corrected chi connectivity index (χ0v) is 15.8. The maximum atomic E-state index is 12.2. The Kier molecular flexibility index (Phi) is 6.14. The maximum absolute atomic E-state index is 12.2. The van der Waals surface area contributed by atoms with Gasteiger partial charge in [0.2, 0.25) is 0 Å². The van der Waals surface area contributed by atoms with Gasteiger partial charge in [-0.05, 0) is 47.7 Å². The molecule has 1 fully saturated rings. The predicted molar refractivity (Wildman–Crippen MR) is 109 cm³/mol. The number of ether oxygens (including phenoxy) is 2. The van der Waals surface area contributed by atoms with Crippen molar-refractivity contribution in [3.63, 3.8) is 0 Å². The van der Waals surface area contributed by atoms with Gasteiger partial charge in [0.1, 0.15) is 6.61 Å². The lowest BCUT2D eigenvalue weighted by Crippen LogP contribution is -2.20. The Hall–Kier alpha value is -3.50. The second kappa shape index (κ2) is 8.93. The average Bonchev–Trinajstić information content (AvgIpc) is 3.06. The fourth-order valence-electron chi connectivity index (χ4n) is 2.38.